The lowest BCUT2D eigenvalue weighted by Crippen LogP contribution is -2.26. The molecular formula is C8H13NO2. The number of allylic oxidation sites excluding steroid dienone is 1. The largest absolute Gasteiger partial charge is 0.272 e. The minimum Gasteiger partial charge on any atom is -0.272 e. The highest BCUT2D eigenvalue weighted by Gasteiger charge is 2.25. The Morgan fingerprint density at radius 1 is 1.55 bits per heavy atom. The summed E-state index contributed by atoms with van der Waals surface area (Å²) in [7, 11) is 0. The third kappa shape index (κ3) is 1.80. The summed E-state index contributed by atoms with van der Waals surface area (Å²) in [5.41, 5.74) is 0.767. The second kappa shape index (κ2) is 3.05. The highest BCUT2D eigenvalue weighted by molar-refractivity contribution is 5.79. The molecule has 3 nitrogen and oxygen atoms in total. The van der Waals surface area contributed by atoms with Gasteiger partial charge in [0.15, 0.2) is 0 Å². The molecule has 0 atom stereocenters. The Labute approximate surface area is 66.6 Å². The van der Waals surface area contributed by atoms with Crippen molar-refractivity contribution >= 4 is 5.91 Å². The topological polar surface area (TPSA) is 29.5 Å². The second-order valence-electron chi connectivity index (χ2n) is 2.91. The van der Waals surface area contributed by atoms with Gasteiger partial charge in [-0.1, -0.05) is 6.58 Å². The summed E-state index contributed by atoms with van der Waals surface area (Å²) in [4.78, 5) is 16.3. The van der Waals surface area contributed by atoms with Gasteiger partial charge in [-0.25, -0.2) is 0 Å². The van der Waals surface area contributed by atoms with E-state index in [0.717, 1.165) is 12.1 Å². The molecule has 0 unspecified atom stereocenters. The van der Waals surface area contributed by atoms with Gasteiger partial charge in [0.1, 0.15) is 0 Å². The van der Waals surface area contributed by atoms with Crippen LogP contribution in [0, 0.1) is 0 Å². The van der Waals surface area contributed by atoms with E-state index in [-0.39, 0.29) is 12.0 Å². The van der Waals surface area contributed by atoms with E-state index in [1.807, 2.05) is 13.8 Å². The van der Waals surface area contributed by atoms with E-state index in [1.165, 1.54) is 5.06 Å². The van der Waals surface area contributed by atoms with Crippen molar-refractivity contribution in [1.82, 2.24) is 5.06 Å². The number of hydroxylamine groups is 2. The van der Waals surface area contributed by atoms with Crippen LogP contribution in [0.5, 0.6) is 0 Å². The number of nitrogens with zero attached hydrogens (tertiary/aromatic N) is 1. The fourth-order valence-electron chi connectivity index (χ4n) is 0.975. The molecule has 1 aliphatic heterocycles. The fourth-order valence-corrected chi connectivity index (χ4v) is 0.975. The minimum absolute atomic E-state index is 0.0173. The molecule has 3 heteroatoms. The molecule has 0 aromatic rings. The van der Waals surface area contributed by atoms with E-state index in [2.05, 4.69) is 6.58 Å². The van der Waals surface area contributed by atoms with Gasteiger partial charge >= 0.3 is 0 Å². The first-order chi connectivity index (χ1) is 5.11. The van der Waals surface area contributed by atoms with Crippen molar-refractivity contribution in [3.63, 3.8) is 0 Å². The predicted molar refractivity (Wildman–Crippen MR) is 41.4 cm³/mol. The van der Waals surface area contributed by atoms with E-state index < -0.39 is 0 Å². The van der Waals surface area contributed by atoms with Crippen LogP contribution in [0.2, 0.25) is 0 Å². The molecule has 0 bridgehead atoms. The summed E-state index contributed by atoms with van der Waals surface area (Å²) in [6.07, 6.45) is 1.30. The average Bonchev–Trinajstić information content (AvgIpc) is 2.18. The molecule has 1 amide bonds. The summed E-state index contributed by atoms with van der Waals surface area (Å²) >= 11 is 0. The highest BCUT2D eigenvalue weighted by Crippen LogP contribution is 2.21. The van der Waals surface area contributed by atoms with Crippen molar-refractivity contribution in [3.05, 3.63) is 12.3 Å². The van der Waals surface area contributed by atoms with Crippen molar-refractivity contribution in [1.29, 1.82) is 0 Å². The van der Waals surface area contributed by atoms with E-state index >= 15 is 0 Å². The van der Waals surface area contributed by atoms with Gasteiger partial charge in [-0.15, -0.1) is 0 Å². The van der Waals surface area contributed by atoms with Crippen LogP contribution < -0.4 is 0 Å². The number of amides is 1. The normalized spacial score (nSPS) is 18.6. The van der Waals surface area contributed by atoms with Crippen LogP contribution in [0.25, 0.3) is 0 Å². The molecule has 0 radical (unpaired) electrons. The number of hydrogen-bond acceptors (Lipinski definition) is 2. The van der Waals surface area contributed by atoms with Gasteiger partial charge in [0.2, 0.25) is 0 Å². The monoisotopic (exact) mass is 155 g/mol. The van der Waals surface area contributed by atoms with Gasteiger partial charge in [0, 0.05) is 12.1 Å². The molecule has 0 saturated carbocycles. The molecule has 0 aliphatic carbocycles. The van der Waals surface area contributed by atoms with E-state index in [9.17, 15) is 4.79 Å². The van der Waals surface area contributed by atoms with Crippen LogP contribution >= 0.6 is 0 Å². The standard InChI is InChI=1S/C8H13NO2/c1-6(2)11-9-7(3)4-5-8(9)10/h6H,3-5H2,1-2H3. The number of carbonyl (C=O) groups excluding carboxylic acids is 1. The lowest BCUT2D eigenvalue weighted by Gasteiger charge is -2.18. The summed E-state index contributed by atoms with van der Waals surface area (Å²) in [5.74, 6) is 0.0173. The van der Waals surface area contributed by atoms with Gasteiger partial charge in [0.05, 0.1) is 6.10 Å². The smallest absolute Gasteiger partial charge is 0.250 e. The van der Waals surface area contributed by atoms with E-state index in [0.29, 0.717) is 6.42 Å². The van der Waals surface area contributed by atoms with Crippen molar-refractivity contribution < 1.29 is 9.63 Å². The Morgan fingerprint density at radius 2 is 2.18 bits per heavy atom. The average molecular weight is 155 g/mol. The van der Waals surface area contributed by atoms with Crippen LogP contribution in [-0.2, 0) is 9.63 Å². The van der Waals surface area contributed by atoms with Gasteiger partial charge in [-0.2, -0.15) is 5.06 Å². The van der Waals surface area contributed by atoms with Crippen LogP contribution in [0.3, 0.4) is 0 Å². The minimum atomic E-state index is 0.0173. The molecule has 0 spiro atoms. The van der Waals surface area contributed by atoms with Gasteiger partial charge < -0.3 is 0 Å². The van der Waals surface area contributed by atoms with E-state index in [1.54, 1.807) is 0 Å². The summed E-state index contributed by atoms with van der Waals surface area (Å²) in [5, 5.41) is 1.31. The maximum absolute atomic E-state index is 11.1. The molecule has 1 saturated heterocycles. The van der Waals surface area contributed by atoms with Crippen molar-refractivity contribution in [2.24, 2.45) is 0 Å². The zero-order valence-corrected chi connectivity index (χ0v) is 6.96. The Bertz CT molecular complexity index is 171. The summed E-state index contributed by atoms with van der Waals surface area (Å²) < 4.78 is 0. The number of carbonyl (C=O) groups is 1. The lowest BCUT2D eigenvalue weighted by molar-refractivity contribution is -0.180. The number of hydrogen-bond donors (Lipinski definition) is 0. The Kier molecular flexibility index (Phi) is 2.29. The maximum Gasteiger partial charge on any atom is 0.250 e. The van der Waals surface area contributed by atoms with Gasteiger partial charge in [0.25, 0.3) is 5.91 Å². The first-order valence-electron chi connectivity index (χ1n) is 3.78. The van der Waals surface area contributed by atoms with Crippen molar-refractivity contribution in [2.45, 2.75) is 32.8 Å². The molecule has 1 rings (SSSR count). The highest BCUT2D eigenvalue weighted by atomic mass is 16.7. The van der Waals surface area contributed by atoms with Crippen LogP contribution in [0.1, 0.15) is 26.7 Å². The lowest BCUT2D eigenvalue weighted by atomic mass is 10.3. The Hall–Kier alpha value is -0.830. The molecule has 11 heavy (non-hydrogen) atoms. The predicted octanol–water partition coefficient (Wildman–Crippen LogP) is 1.46. The molecule has 0 aromatic heterocycles. The van der Waals surface area contributed by atoms with Gasteiger partial charge in [-0.3, -0.25) is 9.63 Å². The van der Waals surface area contributed by atoms with Crippen LogP contribution in [0.15, 0.2) is 12.3 Å². The summed E-state index contributed by atoms with van der Waals surface area (Å²) in [6, 6.07) is 0. The van der Waals surface area contributed by atoms with Crippen LogP contribution in [0.4, 0.5) is 0 Å². The fraction of sp³-hybridized carbons (Fsp3) is 0.625. The SMILES string of the molecule is C=C1CCC(=O)N1OC(C)C. The molecule has 0 aromatic carbocycles. The number of rotatable bonds is 2. The zero-order chi connectivity index (χ0) is 8.43. The molecule has 1 heterocycles. The van der Waals surface area contributed by atoms with Crippen LogP contribution in [-0.4, -0.2) is 17.1 Å². The molecule has 62 valence electrons. The molecule has 0 N–H and O–H groups in total. The Balaban J connectivity index is 2.55. The second-order valence-corrected chi connectivity index (χ2v) is 2.91. The van der Waals surface area contributed by atoms with Crippen molar-refractivity contribution in [2.75, 3.05) is 0 Å². The first-order valence-corrected chi connectivity index (χ1v) is 3.78. The third-order valence-electron chi connectivity index (χ3n) is 1.46. The van der Waals surface area contributed by atoms with Gasteiger partial charge in [-0.05, 0) is 20.3 Å². The van der Waals surface area contributed by atoms with E-state index in [4.69, 9.17) is 4.84 Å². The third-order valence-corrected chi connectivity index (χ3v) is 1.46. The van der Waals surface area contributed by atoms with Crippen molar-refractivity contribution in [3.8, 4) is 0 Å². The quantitative estimate of drug-likeness (QED) is 0.604. The molecule has 1 fully saturated rings. The Morgan fingerprint density at radius 3 is 2.55 bits per heavy atom. The maximum atomic E-state index is 11.1. The zero-order valence-electron chi connectivity index (χ0n) is 6.96. The first kappa shape index (κ1) is 8.27. The summed E-state index contributed by atoms with van der Waals surface area (Å²) in [6.45, 7) is 7.49. The molecule has 1 aliphatic rings. The molecular weight excluding hydrogens is 142 g/mol.